The van der Waals surface area contributed by atoms with Crippen LogP contribution in [0.1, 0.15) is 16.1 Å². The van der Waals surface area contributed by atoms with E-state index in [9.17, 15) is 4.79 Å². The number of aromatic nitrogens is 3. The van der Waals surface area contributed by atoms with Gasteiger partial charge in [-0.15, -0.1) is 0 Å². The van der Waals surface area contributed by atoms with Gasteiger partial charge in [0.2, 0.25) is 10.3 Å². The summed E-state index contributed by atoms with van der Waals surface area (Å²) in [7, 11) is 1.62. The quantitative estimate of drug-likeness (QED) is 0.470. The van der Waals surface area contributed by atoms with Crippen molar-refractivity contribution < 1.29 is 14.1 Å². The van der Waals surface area contributed by atoms with Crippen molar-refractivity contribution in [1.82, 2.24) is 14.5 Å². The molecule has 4 aromatic rings. The molecule has 2 aromatic carbocycles. The monoisotopic (exact) mass is 424 g/mol. The van der Waals surface area contributed by atoms with E-state index >= 15 is 0 Å². The van der Waals surface area contributed by atoms with Gasteiger partial charge in [-0.3, -0.25) is 10.1 Å². The number of amides is 1. The zero-order valence-electron chi connectivity index (χ0n) is 15.6. The van der Waals surface area contributed by atoms with Crippen LogP contribution in [0.2, 0.25) is 0 Å². The van der Waals surface area contributed by atoms with Crippen molar-refractivity contribution in [1.29, 1.82) is 0 Å². The molecule has 2 heterocycles. The summed E-state index contributed by atoms with van der Waals surface area (Å²) in [5, 5.41) is 7.51. The molecule has 4 rings (SSSR count). The first-order valence-corrected chi connectivity index (χ1v) is 10.2. The van der Waals surface area contributed by atoms with E-state index in [1.807, 2.05) is 55.5 Å². The Morgan fingerprint density at radius 1 is 1.14 bits per heavy atom. The Hall–Kier alpha value is -3.17. The highest BCUT2D eigenvalue weighted by Crippen LogP contribution is 2.29. The van der Waals surface area contributed by atoms with Gasteiger partial charge < -0.3 is 9.26 Å². The zero-order chi connectivity index (χ0) is 20.2. The van der Waals surface area contributed by atoms with Crippen molar-refractivity contribution in [2.75, 3.05) is 12.4 Å². The molecule has 9 heteroatoms. The third-order valence-electron chi connectivity index (χ3n) is 3.98. The predicted molar refractivity (Wildman–Crippen MR) is 112 cm³/mol. The largest absolute Gasteiger partial charge is 0.497 e. The van der Waals surface area contributed by atoms with E-state index in [0.717, 1.165) is 33.3 Å². The number of ether oxygens (including phenoxy) is 1. The summed E-state index contributed by atoms with van der Waals surface area (Å²) in [4.78, 5) is 17.7. The highest BCUT2D eigenvalue weighted by molar-refractivity contribution is 7.99. The summed E-state index contributed by atoms with van der Waals surface area (Å²) in [6, 6.07) is 17.0. The Morgan fingerprint density at radius 2 is 1.90 bits per heavy atom. The number of anilines is 1. The molecule has 0 aliphatic rings. The standard InChI is InChI=1S/C20H16N4O3S2/c1-12-3-5-13(6-4-12)17-11-16(23-27-17)18(25)21-19-22-20(24-29-19)28-15-9-7-14(26-2)8-10-15/h3-11H,1-2H3,(H,21,22,24,25). The van der Waals surface area contributed by atoms with Gasteiger partial charge in [-0.2, -0.15) is 9.36 Å². The minimum atomic E-state index is -0.399. The van der Waals surface area contributed by atoms with Gasteiger partial charge in [-0.25, -0.2) is 0 Å². The lowest BCUT2D eigenvalue weighted by molar-refractivity contribution is 0.101. The van der Waals surface area contributed by atoms with Crippen LogP contribution in [0.25, 0.3) is 11.3 Å². The molecule has 0 unspecified atom stereocenters. The zero-order valence-corrected chi connectivity index (χ0v) is 17.2. The molecule has 29 heavy (non-hydrogen) atoms. The maximum absolute atomic E-state index is 12.4. The number of benzene rings is 2. The van der Waals surface area contributed by atoms with Crippen LogP contribution in [-0.2, 0) is 0 Å². The Morgan fingerprint density at radius 3 is 2.62 bits per heavy atom. The molecule has 146 valence electrons. The Labute approximate surface area is 175 Å². The third kappa shape index (κ3) is 4.64. The van der Waals surface area contributed by atoms with Crippen LogP contribution in [0.5, 0.6) is 5.75 Å². The van der Waals surface area contributed by atoms with Crippen LogP contribution < -0.4 is 10.1 Å². The summed E-state index contributed by atoms with van der Waals surface area (Å²) in [5.74, 6) is 0.915. The number of hydrogen-bond donors (Lipinski definition) is 1. The molecule has 0 saturated carbocycles. The molecule has 0 bridgehead atoms. The smallest absolute Gasteiger partial charge is 0.279 e. The van der Waals surface area contributed by atoms with Crippen LogP contribution in [0, 0.1) is 6.92 Å². The normalized spacial score (nSPS) is 10.7. The summed E-state index contributed by atoms with van der Waals surface area (Å²) in [6.07, 6.45) is 0. The van der Waals surface area contributed by atoms with Gasteiger partial charge in [-0.05, 0) is 43.0 Å². The van der Waals surface area contributed by atoms with Gasteiger partial charge in [0.1, 0.15) is 5.75 Å². The number of rotatable bonds is 6. The molecule has 1 N–H and O–H groups in total. The number of hydrogen-bond acceptors (Lipinski definition) is 8. The molecule has 0 aliphatic heterocycles. The molecule has 7 nitrogen and oxygen atoms in total. The Balaban J connectivity index is 1.40. The molecule has 0 aliphatic carbocycles. The van der Waals surface area contributed by atoms with E-state index in [4.69, 9.17) is 9.26 Å². The fourth-order valence-electron chi connectivity index (χ4n) is 2.45. The van der Waals surface area contributed by atoms with Gasteiger partial charge in [-0.1, -0.05) is 35.0 Å². The molecule has 0 saturated heterocycles. The average molecular weight is 425 g/mol. The molecular weight excluding hydrogens is 408 g/mol. The summed E-state index contributed by atoms with van der Waals surface area (Å²) in [6.45, 7) is 2.01. The van der Waals surface area contributed by atoms with E-state index in [0.29, 0.717) is 16.0 Å². The van der Waals surface area contributed by atoms with Gasteiger partial charge in [0, 0.05) is 28.1 Å². The molecule has 0 atom stereocenters. The molecule has 0 fully saturated rings. The van der Waals surface area contributed by atoms with Crippen LogP contribution in [-0.4, -0.2) is 27.5 Å². The average Bonchev–Trinajstić information content (AvgIpc) is 3.39. The second-order valence-electron chi connectivity index (χ2n) is 6.06. The first-order chi connectivity index (χ1) is 14.1. The summed E-state index contributed by atoms with van der Waals surface area (Å²) >= 11 is 2.51. The molecule has 1 amide bonds. The van der Waals surface area contributed by atoms with Crippen molar-refractivity contribution in [2.45, 2.75) is 17.0 Å². The van der Waals surface area contributed by atoms with E-state index in [1.54, 1.807) is 13.2 Å². The van der Waals surface area contributed by atoms with Gasteiger partial charge in [0.25, 0.3) is 5.91 Å². The second kappa shape index (κ2) is 8.46. The number of carbonyl (C=O) groups is 1. The van der Waals surface area contributed by atoms with Crippen LogP contribution in [0.3, 0.4) is 0 Å². The maximum Gasteiger partial charge on any atom is 0.279 e. The van der Waals surface area contributed by atoms with Gasteiger partial charge >= 0.3 is 0 Å². The summed E-state index contributed by atoms with van der Waals surface area (Å²) in [5.41, 5.74) is 2.18. The minimum absolute atomic E-state index is 0.181. The fourth-order valence-corrected chi connectivity index (χ4v) is 3.86. The first-order valence-electron chi connectivity index (χ1n) is 8.61. The van der Waals surface area contributed by atoms with Crippen LogP contribution in [0.15, 0.2) is 69.2 Å². The SMILES string of the molecule is COc1ccc(Sc2nsc(NC(=O)c3cc(-c4ccc(C)cc4)on3)n2)cc1. The van der Waals surface area contributed by atoms with Crippen molar-refractivity contribution in [2.24, 2.45) is 0 Å². The van der Waals surface area contributed by atoms with E-state index < -0.39 is 5.91 Å². The number of methoxy groups -OCH3 is 1. The van der Waals surface area contributed by atoms with E-state index in [1.165, 1.54) is 11.8 Å². The number of carbonyl (C=O) groups excluding carboxylic acids is 1. The predicted octanol–water partition coefficient (Wildman–Crippen LogP) is 4.91. The molecular formula is C20H16N4O3S2. The number of nitrogens with zero attached hydrogens (tertiary/aromatic N) is 3. The third-order valence-corrected chi connectivity index (χ3v) is 5.59. The molecule has 0 radical (unpaired) electrons. The second-order valence-corrected chi connectivity index (χ2v) is 7.85. The topological polar surface area (TPSA) is 90.1 Å². The van der Waals surface area contributed by atoms with E-state index in [-0.39, 0.29) is 5.69 Å². The van der Waals surface area contributed by atoms with Crippen LogP contribution in [0.4, 0.5) is 5.13 Å². The minimum Gasteiger partial charge on any atom is -0.497 e. The summed E-state index contributed by atoms with van der Waals surface area (Å²) < 4.78 is 14.7. The lowest BCUT2D eigenvalue weighted by atomic mass is 10.1. The molecule has 2 aromatic heterocycles. The van der Waals surface area contributed by atoms with Crippen molar-refractivity contribution in [3.05, 3.63) is 65.9 Å². The lowest BCUT2D eigenvalue weighted by Gasteiger charge is -2.00. The maximum atomic E-state index is 12.4. The van der Waals surface area contributed by atoms with Gasteiger partial charge in [0.15, 0.2) is 11.5 Å². The highest BCUT2D eigenvalue weighted by Gasteiger charge is 2.16. The Bertz CT molecular complexity index is 1120. The van der Waals surface area contributed by atoms with E-state index in [2.05, 4.69) is 19.8 Å². The number of nitrogens with one attached hydrogen (secondary N) is 1. The van der Waals surface area contributed by atoms with Crippen molar-refractivity contribution in [3.8, 4) is 17.1 Å². The van der Waals surface area contributed by atoms with Gasteiger partial charge in [0.05, 0.1) is 7.11 Å². The fraction of sp³-hybridized carbons (Fsp3) is 0.100. The molecule has 0 spiro atoms. The number of aryl methyl sites for hydroxylation is 1. The van der Waals surface area contributed by atoms with Crippen molar-refractivity contribution >= 4 is 34.3 Å². The Kier molecular flexibility index (Phi) is 5.59. The first kappa shape index (κ1) is 19.2. The van der Waals surface area contributed by atoms with Crippen LogP contribution >= 0.6 is 23.3 Å². The van der Waals surface area contributed by atoms with Crippen molar-refractivity contribution in [3.63, 3.8) is 0 Å². The highest BCUT2D eigenvalue weighted by atomic mass is 32.2. The lowest BCUT2D eigenvalue weighted by Crippen LogP contribution is -2.11.